The fraction of sp³-hybridized carbons (Fsp3) is 0.316. The Labute approximate surface area is 150 Å². The number of anilines is 1. The van der Waals surface area contributed by atoms with E-state index < -0.39 is 0 Å². The quantitative estimate of drug-likeness (QED) is 0.790. The van der Waals surface area contributed by atoms with E-state index in [1.807, 2.05) is 29.2 Å². The topological polar surface area (TPSA) is 57.7 Å². The highest BCUT2D eigenvalue weighted by Crippen LogP contribution is 2.22. The van der Waals surface area contributed by atoms with Crippen molar-refractivity contribution in [3.05, 3.63) is 51.7 Å². The maximum Gasteiger partial charge on any atom is 0.264 e. The maximum atomic E-state index is 12.6. The number of thiophene rings is 1. The monoisotopic (exact) mass is 356 g/mol. The molecule has 0 bridgehead atoms. The minimum Gasteiger partial charge on any atom is -0.368 e. The molecule has 3 rings (SSSR count). The summed E-state index contributed by atoms with van der Waals surface area (Å²) in [6.45, 7) is 5.84. The predicted molar refractivity (Wildman–Crippen MR) is 98.9 cm³/mol. The molecule has 5 nitrogen and oxygen atoms in total. The highest BCUT2D eigenvalue weighted by Gasteiger charge is 2.23. The third kappa shape index (κ3) is 3.79. The van der Waals surface area contributed by atoms with Gasteiger partial charge in [-0.25, -0.2) is 0 Å². The molecule has 1 amide bonds. The van der Waals surface area contributed by atoms with Gasteiger partial charge in [0.1, 0.15) is 0 Å². The van der Waals surface area contributed by atoms with E-state index in [-0.39, 0.29) is 17.5 Å². The zero-order valence-electron chi connectivity index (χ0n) is 14.3. The van der Waals surface area contributed by atoms with Gasteiger partial charge in [-0.3, -0.25) is 14.4 Å². The van der Waals surface area contributed by atoms with Crippen LogP contribution in [0, 0.1) is 0 Å². The van der Waals surface area contributed by atoms with Crippen LogP contribution in [0.5, 0.6) is 0 Å². The largest absolute Gasteiger partial charge is 0.368 e. The number of benzene rings is 1. The van der Waals surface area contributed by atoms with Crippen LogP contribution in [0.3, 0.4) is 0 Å². The molecule has 2 heterocycles. The molecule has 25 heavy (non-hydrogen) atoms. The minimum atomic E-state index is -0.0112. The number of nitrogens with zero attached hydrogens (tertiary/aromatic N) is 2. The average molecular weight is 356 g/mol. The number of piperazine rings is 1. The first kappa shape index (κ1) is 17.4. The van der Waals surface area contributed by atoms with Crippen LogP contribution in [0.15, 0.2) is 36.4 Å². The van der Waals surface area contributed by atoms with Gasteiger partial charge in [-0.1, -0.05) is 0 Å². The van der Waals surface area contributed by atoms with E-state index in [2.05, 4.69) is 4.90 Å². The van der Waals surface area contributed by atoms with E-state index in [0.29, 0.717) is 28.4 Å². The Bertz CT molecular complexity index is 802. The van der Waals surface area contributed by atoms with Gasteiger partial charge in [-0.15, -0.1) is 11.3 Å². The van der Waals surface area contributed by atoms with Gasteiger partial charge in [0, 0.05) is 37.4 Å². The van der Waals surface area contributed by atoms with Crippen molar-refractivity contribution in [2.24, 2.45) is 0 Å². The van der Waals surface area contributed by atoms with Crippen LogP contribution in [0.2, 0.25) is 0 Å². The van der Waals surface area contributed by atoms with Crippen molar-refractivity contribution in [2.45, 2.75) is 13.8 Å². The van der Waals surface area contributed by atoms with Crippen LogP contribution >= 0.6 is 11.3 Å². The summed E-state index contributed by atoms with van der Waals surface area (Å²) in [6, 6.07) is 11.0. The summed E-state index contributed by atoms with van der Waals surface area (Å²) in [5.74, 6) is 0.0369. The number of hydrogen-bond donors (Lipinski definition) is 0. The van der Waals surface area contributed by atoms with Gasteiger partial charge in [0.25, 0.3) is 5.91 Å². The molecule has 1 aromatic carbocycles. The second kappa shape index (κ2) is 7.19. The van der Waals surface area contributed by atoms with E-state index in [9.17, 15) is 14.4 Å². The molecule has 1 fully saturated rings. The number of hydrogen-bond acceptors (Lipinski definition) is 5. The molecule has 1 aliphatic rings. The van der Waals surface area contributed by atoms with Gasteiger partial charge in [0.2, 0.25) is 0 Å². The Morgan fingerprint density at radius 1 is 0.800 bits per heavy atom. The normalized spacial score (nSPS) is 14.5. The Morgan fingerprint density at radius 3 is 1.92 bits per heavy atom. The fourth-order valence-electron chi connectivity index (χ4n) is 2.87. The Morgan fingerprint density at radius 2 is 1.40 bits per heavy atom. The van der Waals surface area contributed by atoms with E-state index in [1.165, 1.54) is 18.3 Å². The molecule has 1 saturated heterocycles. The Balaban J connectivity index is 1.61. The lowest BCUT2D eigenvalue weighted by atomic mass is 10.1. The summed E-state index contributed by atoms with van der Waals surface area (Å²) in [6.07, 6.45) is 0. The molecule has 0 radical (unpaired) electrons. The minimum absolute atomic E-state index is 0.0101. The van der Waals surface area contributed by atoms with Crippen LogP contribution in [0.25, 0.3) is 0 Å². The predicted octanol–water partition coefficient (Wildman–Crippen LogP) is 3.12. The SMILES string of the molecule is CC(=O)c1ccc(N2CCN(C(=O)c3ccc(C(C)=O)s3)CC2)cc1. The second-order valence-corrected chi connectivity index (χ2v) is 7.19. The molecule has 2 aromatic rings. The van der Waals surface area contributed by atoms with E-state index in [0.717, 1.165) is 18.8 Å². The third-order valence-electron chi connectivity index (χ3n) is 4.37. The molecule has 1 aliphatic heterocycles. The molecule has 0 atom stereocenters. The lowest BCUT2D eigenvalue weighted by molar-refractivity contribution is 0.0751. The summed E-state index contributed by atoms with van der Waals surface area (Å²) in [5, 5.41) is 0. The van der Waals surface area contributed by atoms with Crippen molar-refractivity contribution in [1.82, 2.24) is 4.90 Å². The van der Waals surface area contributed by atoms with Gasteiger partial charge in [-0.05, 0) is 50.2 Å². The Kier molecular flexibility index (Phi) is 4.99. The maximum absolute atomic E-state index is 12.6. The molecule has 130 valence electrons. The summed E-state index contributed by atoms with van der Waals surface area (Å²) >= 11 is 1.26. The standard InChI is InChI=1S/C19H20N2O3S/c1-13(22)15-3-5-16(6-4-15)20-9-11-21(12-10-20)19(24)18-8-7-17(25-18)14(2)23/h3-8H,9-12H2,1-2H3. The second-order valence-electron chi connectivity index (χ2n) is 6.10. The highest BCUT2D eigenvalue weighted by molar-refractivity contribution is 7.15. The third-order valence-corrected chi connectivity index (χ3v) is 5.54. The summed E-state index contributed by atoms with van der Waals surface area (Å²) < 4.78 is 0. The number of ketones is 2. The van der Waals surface area contributed by atoms with Gasteiger partial charge < -0.3 is 9.80 Å². The molecular formula is C19H20N2O3S. The number of rotatable bonds is 4. The van der Waals surface area contributed by atoms with Crippen molar-refractivity contribution in [2.75, 3.05) is 31.1 Å². The van der Waals surface area contributed by atoms with E-state index in [4.69, 9.17) is 0 Å². The molecule has 0 aliphatic carbocycles. The fourth-order valence-corrected chi connectivity index (χ4v) is 3.74. The van der Waals surface area contributed by atoms with Crippen molar-refractivity contribution in [1.29, 1.82) is 0 Å². The highest BCUT2D eigenvalue weighted by atomic mass is 32.1. The van der Waals surface area contributed by atoms with Crippen molar-refractivity contribution in [3.63, 3.8) is 0 Å². The van der Waals surface area contributed by atoms with Crippen molar-refractivity contribution in [3.8, 4) is 0 Å². The summed E-state index contributed by atoms with van der Waals surface area (Å²) in [7, 11) is 0. The zero-order valence-corrected chi connectivity index (χ0v) is 15.1. The zero-order chi connectivity index (χ0) is 18.0. The Hall–Kier alpha value is -2.47. The number of carbonyl (C=O) groups excluding carboxylic acids is 3. The molecule has 0 saturated carbocycles. The summed E-state index contributed by atoms with van der Waals surface area (Å²) in [5.41, 5.74) is 1.77. The van der Waals surface area contributed by atoms with E-state index >= 15 is 0 Å². The van der Waals surface area contributed by atoms with E-state index in [1.54, 1.807) is 19.1 Å². The first-order chi connectivity index (χ1) is 12.0. The molecule has 0 spiro atoms. The van der Waals surface area contributed by atoms with Gasteiger partial charge in [-0.2, -0.15) is 0 Å². The van der Waals surface area contributed by atoms with Crippen molar-refractivity contribution >= 4 is 34.5 Å². The smallest absolute Gasteiger partial charge is 0.264 e. The number of Topliss-reactive ketones (excluding diaryl/α,β-unsaturated/α-hetero) is 2. The molecule has 0 unspecified atom stereocenters. The lowest BCUT2D eigenvalue weighted by Gasteiger charge is -2.36. The number of amides is 1. The van der Waals surface area contributed by atoms with Crippen LogP contribution in [0.4, 0.5) is 5.69 Å². The average Bonchev–Trinajstić information content (AvgIpc) is 3.12. The van der Waals surface area contributed by atoms with Crippen LogP contribution in [-0.2, 0) is 0 Å². The molecule has 1 aromatic heterocycles. The molecule has 0 N–H and O–H groups in total. The molecular weight excluding hydrogens is 336 g/mol. The van der Waals surface area contributed by atoms with Crippen LogP contribution in [0.1, 0.15) is 43.5 Å². The summed E-state index contributed by atoms with van der Waals surface area (Å²) in [4.78, 5) is 40.6. The first-order valence-corrected chi connectivity index (χ1v) is 9.03. The van der Waals surface area contributed by atoms with Gasteiger partial charge >= 0.3 is 0 Å². The molecule has 6 heteroatoms. The van der Waals surface area contributed by atoms with Gasteiger partial charge in [0.05, 0.1) is 9.75 Å². The van der Waals surface area contributed by atoms with Crippen LogP contribution in [-0.4, -0.2) is 48.6 Å². The van der Waals surface area contributed by atoms with Crippen molar-refractivity contribution < 1.29 is 14.4 Å². The first-order valence-electron chi connectivity index (χ1n) is 8.21. The van der Waals surface area contributed by atoms with Gasteiger partial charge in [0.15, 0.2) is 11.6 Å². The lowest BCUT2D eigenvalue weighted by Crippen LogP contribution is -2.48. The van der Waals surface area contributed by atoms with Crippen LogP contribution < -0.4 is 4.90 Å². The number of carbonyl (C=O) groups is 3.